The van der Waals surface area contributed by atoms with Crippen molar-refractivity contribution >= 4 is 11.5 Å². The Morgan fingerprint density at radius 2 is 1.67 bits per heavy atom. The molecule has 3 aromatic carbocycles. The molecule has 2 heterocycles. The molecule has 7 heteroatoms. The van der Waals surface area contributed by atoms with Crippen LogP contribution in [0.4, 0.5) is 5.69 Å². The van der Waals surface area contributed by atoms with E-state index in [2.05, 4.69) is 5.32 Å². The van der Waals surface area contributed by atoms with Crippen LogP contribution in [-0.2, 0) is 9.47 Å². The number of fused-ring (bicyclic) bond motifs is 1. The number of phenols is 1. The van der Waals surface area contributed by atoms with E-state index in [1.165, 1.54) is 0 Å². The van der Waals surface area contributed by atoms with Gasteiger partial charge in [0, 0.05) is 5.56 Å². The lowest BCUT2D eigenvalue weighted by Crippen LogP contribution is -2.49. The number of carbonyl (C=O) groups excluding carboxylic acids is 1. The first-order valence-corrected chi connectivity index (χ1v) is 11.0. The molecular weight excluding hydrogens is 420 g/mol. The molecule has 0 saturated carbocycles. The summed E-state index contributed by atoms with van der Waals surface area (Å²) >= 11 is 0. The van der Waals surface area contributed by atoms with Crippen LogP contribution >= 0.6 is 0 Å². The largest absolute Gasteiger partial charge is 0.505 e. The summed E-state index contributed by atoms with van der Waals surface area (Å²) in [6.07, 6.45) is -0.696. The van der Waals surface area contributed by atoms with Gasteiger partial charge in [-0.25, -0.2) is 0 Å². The van der Waals surface area contributed by atoms with Gasteiger partial charge in [0.15, 0.2) is 24.1 Å². The summed E-state index contributed by atoms with van der Waals surface area (Å²) < 4.78 is 17.6. The lowest BCUT2D eigenvalue weighted by atomic mass is 9.98. The van der Waals surface area contributed by atoms with Crippen LogP contribution in [0.3, 0.4) is 0 Å². The number of nitrogens with one attached hydrogen (secondary N) is 1. The molecule has 0 bridgehead atoms. The van der Waals surface area contributed by atoms with Crippen molar-refractivity contribution < 1.29 is 24.1 Å². The molecule has 3 aromatic rings. The minimum absolute atomic E-state index is 0.120. The molecule has 0 aromatic heterocycles. The molecule has 2 aliphatic heterocycles. The second kappa shape index (κ2) is 9.23. The van der Waals surface area contributed by atoms with Gasteiger partial charge in [0.1, 0.15) is 17.5 Å². The van der Waals surface area contributed by atoms with E-state index in [-0.39, 0.29) is 35.7 Å². The normalized spacial score (nSPS) is 20.2. The van der Waals surface area contributed by atoms with Gasteiger partial charge in [-0.1, -0.05) is 60.7 Å². The van der Waals surface area contributed by atoms with E-state index in [9.17, 15) is 9.90 Å². The van der Waals surface area contributed by atoms with Crippen molar-refractivity contribution in [2.24, 2.45) is 0 Å². The molecule has 1 saturated heterocycles. The first-order chi connectivity index (χ1) is 16.1. The molecule has 7 nitrogen and oxygen atoms in total. The Labute approximate surface area is 192 Å². The number of aromatic hydroxyl groups is 1. The van der Waals surface area contributed by atoms with Crippen LogP contribution in [0.2, 0.25) is 0 Å². The van der Waals surface area contributed by atoms with Crippen LogP contribution < -0.4 is 10.1 Å². The van der Waals surface area contributed by atoms with Crippen LogP contribution in [0.15, 0.2) is 72.8 Å². The molecule has 1 fully saturated rings. The fourth-order valence-corrected chi connectivity index (χ4v) is 4.27. The van der Waals surface area contributed by atoms with Crippen molar-refractivity contribution in [2.45, 2.75) is 18.6 Å². The van der Waals surface area contributed by atoms with E-state index in [1.807, 2.05) is 48.3 Å². The van der Waals surface area contributed by atoms with E-state index < -0.39 is 0 Å². The Hall–Kier alpha value is -3.39. The smallest absolute Gasteiger partial charge is 0.196 e. The van der Waals surface area contributed by atoms with Gasteiger partial charge in [0.25, 0.3) is 0 Å². The molecule has 170 valence electrons. The van der Waals surface area contributed by atoms with Gasteiger partial charge in [-0.05, 0) is 24.7 Å². The summed E-state index contributed by atoms with van der Waals surface area (Å²) in [7, 11) is 1.95. The number of likely N-dealkylation sites (N-methyl/N-ethyl adjacent to an activating group) is 1. The highest BCUT2D eigenvalue weighted by Gasteiger charge is 2.37. The zero-order valence-corrected chi connectivity index (χ0v) is 18.3. The summed E-state index contributed by atoms with van der Waals surface area (Å²) in [5.74, 6) is 0.115. The second-order valence-electron chi connectivity index (χ2n) is 8.18. The Bertz CT molecular complexity index is 1120. The van der Waals surface area contributed by atoms with Crippen molar-refractivity contribution in [1.82, 2.24) is 4.90 Å². The number of hydrogen-bond acceptors (Lipinski definition) is 7. The summed E-state index contributed by atoms with van der Waals surface area (Å²) in [5.41, 5.74) is 2.14. The molecule has 33 heavy (non-hydrogen) atoms. The van der Waals surface area contributed by atoms with Gasteiger partial charge in [0.05, 0.1) is 25.3 Å². The van der Waals surface area contributed by atoms with Crippen LogP contribution in [0.25, 0.3) is 0 Å². The Morgan fingerprint density at radius 1 is 1.00 bits per heavy atom. The Kier molecular flexibility index (Phi) is 6.00. The molecule has 0 spiro atoms. The number of anilines is 1. The van der Waals surface area contributed by atoms with E-state index in [4.69, 9.17) is 14.2 Å². The van der Waals surface area contributed by atoms with Gasteiger partial charge in [-0.3, -0.25) is 9.69 Å². The van der Waals surface area contributed by atoms with Gasteiger partial charge in [-0.15, -0.1) is 0 Å². The molecule has 2 N–H and O–H groups in total. The van der Waals surface area contributed by atoms with Gasteiger partial charge < -0.3 is 24.6 Å². The number of ether oxygens (including phenoxy) is 3. The van der Waals surface area contributed by atoms with E-state index >= 15 is 0 Å². The summed E-state index contributed by atoms with van der Waals surface area (Å²) in [6, 6.07) is 21.8. The zero-order valence-electron chi connectivity index (χ0n) is 18.3. The maximum absolute atomic E-state index is 13.0. The van der Waals surface area contributed by atoms with E-state index in [0.717, 1.165) is 5.56 Å². The standard InChI is InChI=1S/C26H26N2O5/c1-28(16-21-31-14-15-32-21)26-22(17-8-4-2-5-9-17)27-23-20(33-26)13-12-19(25(23)30)24(29)18-10-6-3-7-11-18/h2-13,21-22,26-27,30H,14-16H2,1H3. The number of ketones is 1. The number of phenolic OH excluding ortho intramolecular Hbond substituents is 1. The molecule has 0 amide bonds. The highest BCUT2D eigenvalue weighted by atomic mass is 16.7. The first-order valence-electron chi connectivity index (χ1n) is 11.0. The Balaban J connectivity index is 1.48. The number of hydrogen-bond donors (Lipinski definition) is 2. The van der Waals surface area contributed by atoms with Gasteiger partial charge in [0.2, 0.25) is 0 Å². The third-order valence-corrected chi connectivity index (χ3v) is 5.97. The maximum Gasteiger partial charge on any atom is 0.196 e. The quantitative estimate of drug-likeness (QED) is 0.440. The monoisotopic (exact) mass is 446 g/mol. The van der Waals surface area contributed by atoms with Crippen LogP contribution in [0.1, 0.15) is 27.5 Å². The van der Waals surface area contributed by atoms with Crippen LogP contribution in [-0.4, -0.2) is 55.1 Å². The minimum Gasteiger partial charge on any atom is -0.505 e. The first kappa shape index (κ1) is 21.5. The highest BCUT2D eigenvalue weighted by Crippen LogP contribution is 2.45. The third-order valence-electron chi connectivity index (χ3n) is 5.97. The van der Waals surface area contributed by atoms with Crippen LogP contribution in [0, 0.1) is 0 Å². The number of nitrogens with zero attached hydrogens (tertiary/aromatic N) is 1. The van der Waals surface area contributed by atoms with Crippen LogP contribution in [0.5, 0.6) is 11.5 Å². The fourth-order valence-electron chi connectivity index (χ4n) is 4.27. The third kappa shape index (κ3) is 4.30. The summed E-state index contributed by atoms with van der Waals surface area (Å²) in [4.78, 5) is 15.0. The highest BCUT2D eigenvalue weighted by molar-refractivity contribution is 6.11. The van der Waals surface area contributed by atoms with E-state index in [0.29, 0.717) is 36.8 Å². The molecule has 2 unspecified atom stereocenters. The zero-order chi connectivity index (χ0) is 22.8. The fraction of sp³-hybridized carbons (Fsp3) is 0.269. The van der Waals surface area contributed by atoms with Gasteiger partial charge >= 0.3 is 0 Å². The lowest BCUT2D eigenvalue weighted by molar-refractivity contribution is -0.0875. The predicted molar refractivity (Wildman–Crippen MR) is 124 cm³/mol. The van der Waals surface area contributed by atoms with Crippen molar-refractivity contribution in [1.29, 1.82) is 0 Å². The van der Waals surface area contributed by atoms with Crippen molar-refractivity contribution in [3.8, 4) is 11.5 Å². The molecule has 2 atom stereocenters. The lowest BCUT2D eigenvalue weighted by Gasteiger charge is -2.40. The molecular formula is C26H26N2O5. The molecule has 0 radical (unpaired) electrons. The average molecular weight is 447 g/mol. The maximum atomic E-state index is 13.0. The Morgan fingerprint density at radius 3 is 2.36 bits per heavy atom. The number of carbonyl (C=O) groups is 1. The van der Waals surface area contributed by atoms with Gasteiger partial charge in [-0.2, -0.15) is 0 Å². The topological polar surface area (TPSA) is 80.3 Å². The minimum atomic E-state index is -0.386. The number of rotatable bonds is 6. The molecule has 0 aliphatic carbocycles. The molecule has 5 rings (SSSR count). The van der Waals surface area contributed by atoms with Crippen molar-refractivity contribution in [2.75, 3.05) is 32.1 Å². The van der Waals surface area contributed by atoms with Crippen molar-refractivity contribution in [3.05, 3.63) is 89.5 Å². The molecule has 2 aliphatic rings. The SMILES string of the molecule is CN(CC1OCCO1)C1Oc2ccc(C(=O)c3ccccc3)c(O)c2NC1c1ccccc1. The predicted octanol–water partition coefficient (Wildman–Crippen LogP) is 3.80. The summed E-state index contributed by atoms with van der Waals surface area (Å²) in [5, 5.41) is 14.5. The summed E-state index contributed by atoms with van der Waals surface area (Å²) in [6.45, 7) is 1.69. The average Bonchev–Trinajstić information content (AvgIpc) is 3.37. The number of benzene rings is 3. The van der Waals surface area contributed by atoms with Crippen molar-refractivity contribution in [3.63, 3.8) is 0 Å². The van der Waals surface area contributed by atoms with E-state index in [1.54, 1.807) is 36.4 Å². The second-order valence-corrected chi connectivity index (χ2v) is 8.18.